The van der Waals surface area contributed by atoms with Crippen LogP contribution in [0.3, 0.4) is 0 Å². The summed E-state index contributed by atoms with van der Waals surface area (Å²) in [4.78, 5) is 4.35. The van der Waals surface area contributed by atoms with E-state index in [1.54, 1.807) is 0 Å². The van der Waals surface area contributed by atoms with Gasteiger partial charge in [0.1, 0.15) is 16.1 Å². The maximum absolute atomic E-state index is 6.07. The van der Waals surface area contributed by atoms with E-state index >= 15 is 0 Å². The fourth-order valence-electron chi connectivity index (χ4n) is 2.96. The van der Waals surface area contributed by atoms with Crippen molar-refractivity contribution >= 4 is 29.0 Å². The number of hydrogen-bond acceptors (Lipinski definition) is 6. The molecule has 0 spiro atoms. The van der Waals surface area contributed by atoms with Crippen LogP contribution in [0.2, 0.25) is 0 Å². The molecule has 1 fully saturated rings. The van der Waals surface area contributed by atoms with Gasteiger partial charge >= 0.3 is 0 Å². The van der Waals surface area contributed by atoms with Gasteiger partial charge in [0.15, 0.2) is 0 Å². The molecule has 0 amide bonds. The molecule has 1 saturated heterocycles. The van der Waals surface area contributed by atoms with Crippen LogP contribution in [0.25, 0.3) is 0 Å². The van der Waals surface area contributed by atoms with E-state index in [0.29, 0.717) is 10.2 Å². The minimum absolute atomic E-state index is 0.0826. The molecule has 2 rings (SSSR count). The number of nitrogens with one attached hydrogen (secondary N) is 2. The Balaban J connectivity index is 2.09. The van der Waals surface area contributed by atoms with E-state index in [2.05, 4.69) is 55.9 Å². The van der Waals surface area contributed by atoms with Crippen LogP contribution in [-0.4, -0.2) is 29.2 Å². The lowest BCUT2D eigenvalue weighted by molar-refractivity contribution is 0.0555. The Morgan fingerprint density at radius 2 is 1.89 bits per heavy atom. The first kappa shape index (κ1) is 14.9. The van der Waals surface area contributed by atoms with Crippen molar-refractivity contribution in [3.8, 4) is 5.19 Å². The van der Waals surface area contributed by atoms with E-state index in [-0.39, 0.29) is 17.2 Å². The second-order valence-corrected chi connectivity index (χ2v) is 7.81. The zero-order chi connectivity index (χ0) is 14.3. The normalized spacial score (nSPS) is 22.2. The van der Waals surface area contributed by atoms with Crippen LogP contribution in [0.5, 0.6) is 5.19 Å². The second kappa shape index (κ2) is 5.14. The molecule has 4 nitrogen and oxygen atoms in total. The number of rotatable bonds is 3. The Morgan fingerprint density at radius 3 is 2.37 bits per heavy atom. The Morgan fingerprint density at radius 1 is 1.32 bits per heavy atom. The van der Waals surface area contributed by atoms with Crippen molar-refractivity contribution in [2.45, 2.75) is 62.7 Å². The van der Waals surface area contributed by atoms with Gasteiger partial charge in [0.05, 0.1) is 0 Å². The summed E-state index contributed by atoms with van der Waals surface area (Å²) >= 11 is 5.84. The van der Waals surface area contributed by atoms with Gasteiger partial charge < -0.3 is 15.4 Å². The summed E-state index contributed by atoms with van der Waals surface area (Å²) in [5.41, 5.74) is 0.165. The molecular formula is C13H23N3OS2. The molecule has 19 heavy (non-hydrogen) atoms. The molecule has 6 heteroatoms. The van der Waals surface area contributed by atoms with Crippen LogP contribution in [0.1, 0.15) is 40.5 Å². The predicted molar refractivity (Wildman–Crippen MR) is 83.9 cm³/mol. The Kier molecular flexibility index (Phi) is 4.05. The van der Waals surface area contributed by atoms with Crippen molar-refractivity contribution in [2.24, 2.45) is 0 Å². The Hall–Kier alpha value is -0.460. The van der Waals surface area contributed by atoms with Gasteiger partial charge in [-0.2, -0.15) is 4.98 Å². The quantitative estimate of drug-likeness (QED) is 0.751. The summed E-state index contributed by atoms with van der Waals surface area (Å²) in [6.45, 7) is 8.87. The molecule has 1 aromatic heterocycles. The first-order valence-electron chi connectivity index (χ1n) is 6.54. The lowest BCUT2D eigenvalue weighted by atomic mass is 9.81. The highest BCUT2D eigenvalue weighted by atomic mass is 32.1. The zero-order valence-electron chi connectivity index (χ0n) is 12.2. The standard InChI is InChI=1S/C13H23N3OS2/c1-12(2)6-8(7-13(3,4)16-12)17-11-15-9(18)10(14-5)19-11/h8,14,16,18H,6-7H2,1-5H3. The number of aromatic nitrogens is 1. The number of piperidine rings is 1. The van der Waals surface area contributed by atoms with E-state index in [4.69, 9.17) is 4.74 Å². The zero-order valence-corrected chi connectivity index (χ0v) is 13.9. The van der Waals surface area contributed by atoms with Gasteiger partial charge in [-0.3, -0.25) is 0 Å². The van der Waals surface area contributed by atoms with Crippen LogP contribution in [0, 0.1) is 0 Å². The molecule has 0 aromatic carbocycles. The molecule has 0 saturated carbocycles. The summed E-state index contributed by atoms with van der Waals surface area (Å²) in [5.74, 6) is 0. The largest absolute Gasteiger partial charge is 0.467 e. The van der Waals surface area contributed by atoms with E-state index in [9.17, 15) is 0 Å². The number of thiazole rings is 1. The molecular weight excluding hydrogens is 278 g/mol. The Bertz CT molecular complexity index is 441. The molecule has 2 heterocycles. The fourth-order valence-corrected chi connectivity index (χ4v) is 4.10. The number of thiol groups is 1. The van der Waals surface area contributed by atoms with E-state index in [1.165, 1.54) is 11.3 Å². The van der Waals surface area contributed by atoms with Crippen molar-refractivity contribution in [3.05, 3.63) is 0 Å². The van der Waals surface area contributed by atoms with Crippen LogP contribution >= 0.6 is 24.0 Å². The molecule has 1 aliphatic rings. The molecule has 0 radical (unpaired) electrons. The summed E-state index contributed by atoms with van der Waals surface area (Å²) in [7, 11) is 1.87. The highest BCUT2D eigenvalue weighted by Gasteiger charge is 2.39. The Labute approximate surface area is 124 Å². The van der Waals surface area contributed by atoms with Crippen LogP contribution in [0.4, 0.5) is 5.00 Å². The number of anilines is 1. The molecule has 1 aliphatic heterocycles. The summed E-state index contributed by atoms with van der Waals surface area (Å²) in [5, 5.41) is 9.08. The topological polar surface area (TPSA) is 46.2 Å². The number of ether oxygens (including phenoxy) is 1. The van der Waals surface area contributed by atoms with Crippen LogP contribution in [0.15, 0.2) is 5.03 Å². The van der Waals surface area contributed by atoms with Crippen molar-refractivity contribution in [1.29, 1.82) is 0 Å². The summed E-state index contributed by atoms with van der Waals surface area (Å²) < 4.78 is 6.07. The van der Waals surface area contributed by atoms with Gasteiger partial charge in [-0.05, 0) is 27.7 Å². The van der Waals surface area contributed by atoms with E-state index in [1.807, 2.05) is 7.05 Å². The molecule has 0 aliphatic carbocycles. The predicted octanol–water partition coefficient (Wildman–Crippen LogP) is 3.16. The van der Waals surface area contributed by atoms with Gasteiger partial charge in [-0.25, -0.2) is 0 Å². The number of hydrogen-bond donors (Lipinski definition) is 3. The SMILES string of the molecule is CNc1sc(OC2CC(C)(C)NC(C)(C)C2)nc1S. The summed E-state index contributed by atoms with van der Waals surface area (Å²) in [6, 6.07) is 0. The average molecular weight is 301 g/mol. The van der Waals surface area contributed by atoms with Crippen molar-refractivity contribution in [3.63, 3.8) is 0 Å². The first-order valence-corrected chi connectivity index (χ1v) is 7.81. The average Bonchev–Trinajstić information content (AvgIpc) is 2.53. The van der Waals surface area contributed by atoms with Gasteiger partial charge in [-0.15, -0.1) is 12.6 Å². The van der Waals surface area contributed by atoms with Crippen LogP contribution < -0.4 is 15.4 Å². The molecule has 2 N–H and O–H groups in total. The van der Waals surface area contributed by atoms with Crippen molar-refractivity contribution < 1.29 is 4.74 Å². The maximum Gasteiger partial charge on any atom is 0.276 e. The van der Waals surface area contributed by atoms with Gasteiger partial charge in [0.25, 0.3) is 5.19 Å². The third-order valence-corrected chi connectivity index (χ3v) is 4.68. The van der Waals surface area contributed by atoms with Gasteiger partial charge in [0.2, 0.25) is 0 Å². The lowest BCUT2D eigenvalue weighted by Crippen LogP contribution is -2.60. The maximum atomic E-state index is 6.07. The molecule has 0 unspecified atom stereocenters. The minimum atomic E-state index is 0.0826. The molecule has 1 aromatic rings. The van der Waals surface area contributed by atoms with Gasteiger partial charge in [0, 0.05) is 31.0 Å². The molecule has 0 atom stereocenters. The van der Waals surface area contributed by atoms with Crippen molar-refractivity contribution in [1.82, 2.24) is 10.3 Å². The molecule has 108 valence electrons. The van der Waals surface area contributed by atoms with Gasteiger partial charge in [-0.1, -0.05) is 11.3 Å². The first-order chi connectivity index (χ1) is 8.71. The smallest absolute Gasteiger partial charge is 0.276 e. The van der Waals surface area contributed by atoms with E-state index < -0.39 is 0 Å². The minimum Gasteiger partial charge on any atom is -0.467 e. The number of nitrogens with zero attached hydrogens (tertiary/aromatic N) is 1. The highest BCUT2D eigenvalue weighted by Crippen LogP contribution is 2.36. The van der Waals surface area contributed by atoms with Crippen LogP contribution in [-0.2, 0) is 0 Å². The molecule has 0 bridgehead atoms. The third-order valence-electron chi connectivity index (χ3n) is 3.24. The lowest BCUT2D eigenvalue weighted by Gasteiger charge is -2.45. The summed E-state index contributed by atoms with van der Waals surface area (Å²) in [6.07, 6.45) is 2.15. The third kappa shape index (κ3) is 3.77. The van der Waals surface area contributed by atoms with Crippen molar-refractivity contribution in [2.75, 3.05) is 12.4 Å². The monoisotopic (exact) mass is 301 g/mol. The van der Waals surface area contributed by atoms with E-state index in [0.717, 1.165) is 17.8 Å². The highest BCUT2D eigenvalue weighted by molar-refractivity contribution is 7.80. The fraction of sp³-hybridized carbons (Fsp3) is 0.769. The second-order valence-electron chi connectivity index (χ2n) is 6.42.